The van der Waals surface area contributed by atoms with Crippen LogP contribution in [-0.2, 0) is 10.8 Å². The van der Waals surface area contributed by atoms with Gasteiger partial charge in [0.1, 0.15) is 24.0 Å². The molecular formula is C77H60BN5O. The van der Waals surface area contributed by atoms with Gasteiger partial charge in [-0.15, -0.1) is 0 Å². The van der Waals surface area contributed by atoms with Gasteiger partial charge in [0.25, 0.3) is 0 Å². The van der Waals surface area contributed by atoms with Gasteiger partial charge in [0, 0.05) is 51.6 Å². The Bertz CT molecular complexity index is 4510. The molecule has 7 heteroatoms. The van der Waals surface area contributed by atoms with Crippen molar-refractivity contribution in [1.82, 2.24) is 9.55 Å². The first-order valence-electron chi connectivity index (χ1n) is 30.3. The Morgan fingerprint density at radius 2 is 1.14 bits per heavy atom. The van der Waals surface area contributed by atoms with E-state index in [0.717, 1.165) is 57.2 Å². The zero-order valence-electron chi connectivity index (χ0n) is 46.7. The topological polar surface area (TPSA) is 36.8 Å². The van der Waals surface area contributed by atoms with Crippen molar-refractivity contribution in [1.29, 1.82) is 0 Å². The van der Waals surface area contributed by atoms with Gasteiger partial charge in [-0.05, 0) is 185 Å². The maximum atomic E-state index is 7.02. The first-order chi connectivity index (χ1) is 41.6. The monoisotopic (exact) mass is 1080 g/mol. The highest BCUT2D eigenvalue weighted by atomic mass is 16.5. The summed E-state index contributed by atoms with van der Waals surface area (Å²) in [5.41, 5.74) is 19.4. The molecule has 402 valence electrons. The van der Waals surface area contributed by atoms with E-state index in [1.807, 2.05) is 0 Å². The largest absolute Gasteiger partial charge is 0.457 e. The lowest BCUT2D eigenvalue weighted by Gasteiger charge is -2.63. The van der Waals surface area contributed by atoms with Crippen molar-refractivity contribution < 1.29 is 4.74 Å². The number of nitrogens with zero attached hydrogens (tertiary/aromatic N) is 5. The fourth-order valence-corrected chi connectivity index (χ4v) is 17.7. The van der Waals surface area contributed by atoms with E-state index in [1.165, 1.54) is 98.8 Å². The number of aromatic nitrogens is 2. The molecule has 19 rings (SSSR count). The minimum Gasteiger partial charge on any atom is -0.457 e. The van der Waals surface area contributed by atoms with Crippen molar-refractivity contribution in [2.24, 2.45) is 23.7 Å². The Hall–Kier alpha value is -9.59. The SMILES string of the molecule is C1=CN2B(C=Cc3ccccc32)C(C2(c3ccnc(-n4c5ccccc5c5ccc(Oc6cccc(N7CN(c8ccc9c(c8)C(c8ccccc8)(c8ccccc8)c8ccccc8-9)c8ccccc87)c6)cc54)c3)C3CC4CC(C3)CC2C4)=C1. The van der Waals surface area contributed by atoms with Crippen LogP contribution in [0.2, 0.25) is 0 Å². The smallest absolute Gasteiger partial charge is 0.316 e. The summed E-state index contributed by atoms with van der Waals surface area (Å²) in [6.45, 7) is 0.798. The standard InChI is InChI=1S/C77H60BN5O/c1-3-18-54(19-4-1)77(55-20-5-2-6-21-55)67-26-10-8-24-63(67)64-34-32-60(48-68(64)77)81-50-80(71-29-13-14-30-72(71)81)59-22-15-23-61(47-59)84-62-33-35-66-65-25-9-12-28-70(65)83(73(66)49-62)75-46-56(37-39-79-75)76(57-42-51-41-52(44-57)45-58(76)43-51)74-31-16-40-82-69-27-11-7-17-53(69)36-38-78(74)82/h1-40,46-49,51-52,57-58H,41-45,50H2. The second-order valence-electron chi connectivity index (χ2n) is 24.7. The first kappa shape index (κ1) is 48.0. The second-order valence-corrected chi connectivity index (χ2v) is 24.7. The van der Waals surface area contributed by atoms with Crippen LogP contribution in [0.1, 0.15) is 65.5 Å². The average Bonchev–Trinajstić information content (AvgIpc) is 1.33. The molecule has 5 aliphatic carbocycles. The van der Waals surface area contributed by atoms with Crippen molar-refractivity contribution in [3.63, 3.8) is 0 Å². The normalized spacial score (nSPS) is 21.8. The summed E-state index contributed by atoms with van der Waals surface area (Å²) in [6.07, 6.45) is 18.2. The second kappa shape index (κ2) is 18.5. The van der Waals surface area contributed by atoms with Crippen LogP contribution in [0.3, 0.4) is 0 Å². The molecule has 3 aliphatic heterocycles. The number of pyridine rings is 1. The van der Waals surface area contributed by atoms with Crippen LogP contribution in [-0.4, -0.2) is 23.1 Å². The molecule has 11 aromatic rings. The molecule has 4 bridgehead atoms. The fourth-order valence-electron chi connectivity index (χ4n) is 17.7. The van der Waals surface area contributed by atoms with Crippen LogP contribution in [0.15, 0.2) is 267 Å². The summed E-state index contributed by atoms with van der Waals surface area (Å²) < 4.78 is 9.42. The maximum Gasteiger partial charge on any atom is 0.316 e. The van der Waals surface area contributed by atoms with Gasteiger partial charge in [-0.25, -0.2) is 4.98 Å². The van der Waals surface area contributed by atoms with Crippen molar-refractivity contribution in [2.75, 3.05) is 21.3 Å². The van der Waals surface area contributed by atoms with Crippen molar-refractivity contribution in [2.45, 2.75) is 42.9 Å². The van der Waals surface area contributed by atoms with Gasteiger partial charge >= 0.3 is 6.85 Å². The lowest BCUT2D eigenvalue weighted by molar-refractivity contribution is -0.0408. The Morgan fingerprint density at radius 1 is 0.488 bits per heavy atom. The molecule has 84 heavy (non-hydrogen) atoms. The molecule has 0 amide bonds. The molecule has 2 aromatic heterocycles. The van der Waals surface area contributed by atoms with Crippen LogP contribution < -0.4 is 19.3 Å². The van der Waals surface area contributed by atoms with Crippen molar-refractivity contribution >= 4 is 63.2 Å². The van der Waals surface area contributed by atoms with Crippen LogP contribution >= 0.6 is 0 Å². The molecule has 0 unspecified atom stereocenters. The van der Waals surface area contributed by atoms with Crippen LogP contribution in [0.25, 0.3) is 44.8 Å². The Balaban J connectivity index is 0.699. The van der Waals surface area contributed by atoms with Crippen LogP contribution in [0, 0.1) is 23.7 Å². The highest BCUT2D eigenvalue weighted by molar-refractivity contribution is 6.77. The van der Waals surface area contributed by atoms with E-state index < -0.39 is 5.41 Å². The van der Waals surface area contributed by atoms with Gasteiger partial charge in [-0.3, -0.25) is 4.57 Å². The number of anilines is 5. The number of benzene rings is 9. The van der Waals surface area contributed by atoms with Gasteiger partial charge in [0.2, 0.25) is 0 Å². The first-order valence-corrected chi connectivity index (χ1v) is 30.3. The molecule has 0 saturated heterocycles. The molecule has 6 nitrogen and oxygen atoms in total. The van der Waals surface area contributed by atoms with Crippen LogP contribution in [0.4, 0.5) is 28.4 Å². The molecule has 5 heterocycles. The summed E-state index contributed by atoms with van der Waals surface area (Å²) in [6, 6.07) is 84.9. The van der Waals surface area contributed by atoms with E-state index >= 15 is 0 Å². The highest BCUT2D eigenvalue weighted by Gasteiger charge is 2.61. The van der Waals surface area contributed by atoms with E-state index in [-0.39, 0.29) is 12.3 Å². The van der Waals surface area contributed by atoms with Crippen molar-refractivity contribution in [3.05, 3.63) is 300 Å². The van der Waals surface area contributed by atoms with E-state index in [2.05, 4.69) is 286 Å². The van der Waals surface area contributed by atoms with Gasteiger partial charge in [-0.2, -0.15) is 0 Å². The lowest BCUT2D eigenvalue weighted by Crippen LogP contribution is -2.60. The third kappa shape index (κ3) is 6.90. The number of rotatable bonds is 9. The number of hydrogen-bond acceptors (Lipinski definition) is 5. The third-order valence-corrected chi connectivity index (χ3v) is 20.7. The zero-order chi connectivity index (χ0) is 55.1. The number of para-hydroxylation sites is 4. The summed E-state index contributed by atoms with van der Waals surface area (Å²) in [7, 11) is 0. The molecule has 4 saturated carbocycles. The quantitative estimate of drug-likeness (QED) is 0.135. The van der Waals surface area contributed by atoms with E-state index in [9.17, 15) is 0 Å². The Labute approximate surface area is 491 Å². The molecule has 0 radical (unpaired) electrons. The van der Waals surface area contributed by atoms with Gasteiger partial charge in [0.05, 0.1) is 27.8 Å². The Morgan fingerprint density at radius 3 is 1.93 bits per heavy atom. The molecule has 0 spiro atoms. The average molecular weight is 1080 g/mol. The minimum atomic E-state index is -0.487. The van der Waals surface area contributed by atoms with Gasteiger partial charge in [0.15, 0.2) is 0 Å². The number of ether oxygens (including phenoxy) is 1. The summed E-state index contributed by atoms with van der Waals surface area (Å²) in [4.78, 5) is 12.7. The predicted octanol–water partition coefficient (Wildman–Crippen LogP) is 18.3. The summed E-state index contributed by atoms with van der Waals surface area (Å²) in [5, 5.41) is 2.38. The van der Waals surface area contributed by atoms with Crippen LogP contribution in [0.5, 0.6) is 11.5 Å². The summed E-state index contributed by atoms with van der Waals surface area (Å²) in [5.74, 6) is 7.81. The minimum absolute atomic E-state index is 0.106. The fraction of sp³-hybridized carbons (Fsp3) is 0.156. The van der Waals surface area contributed by atoms with Gasteiger partial charge < -0.3 is 19.3 Å². The number of allylic oxidation sites excluding steroid dienone is 3. The summed E-state index contributed by atoms with van der Waals surface area (Å²) >= 11 is 0. The molecular weight excluding hydrogens is 1020 g/mol. The zero-order valence-corrected chi connectivity index (χ0v) is 46.7. The molecule has 9 aromatic carbocycles. The predicted molar refractivity (Wildman–Crippen MR) is 344 cm³/mol. The third-order valence-electron chi connectivity index (χ3n) is 20.7. The number of fused-ring (bicyclic) bond motifs is 10. The molecule has 0 atom stereocenters. The lowest BCUT2D eigenvalue weighted by atomic mass is 9.33. The molecule has 0 N–H and O–H groups in total. The Kier molecular flexibility index (Phi) is 10.5. The van der Waals surface area contributed by atoms with E-state index in [1.54, 1.807) is 5.47 Å². The maximum absolute atomic E-state index is 7.02. The molecule has 4 fully saturated rings. The number of hydrogen-bond donors (Lipinski definition) is 0. The van der Waals surface area contributed by atoms with Crippen molar-refractivity contribution in [3.8, 4) is 28.4 Å². The van der Waals surface area contributed by atoms with E-state index in [4.69, 9.17) is 9.72 Å². The van der Waals surface area contributed by atoms with Gasteiger partial charge in [-0.1, -0.05) is 169 Å². The molecule has 8 aliphatic rings. The highest BCUT2D eigenvalue weighted by Crippen LogP contribution is 2.67. The van der Waals surface area contributed by atoms with E-state index in [0.29, 0.717) is 18.5 Å².